The average molecular weight is 463 g/mol. The number of rotatable bonds is 9. The zero-order valence-electron chi connectivity index (χ0n) is 19.3. The first-order valence-electron chi connectivity index (χ1n) is 12.0. The first-order chi connectivity index (χ1) is 16.7. The molecule has 34 heavy (non-hydrogen) atoms. The third-order valence-corrected chi connectivity index (χ3v) is 6.89. The highest BCUT2D eigenvalue weighted by molar-refractivity contribution is 5.85. The molecule has 2 aromatic heterocycles. The molecule has 7 nitrogen and oxygen atoms in total. The number of nitrogens with zero attached hydrogens (tertiary/aromatic N) is 5. The van der Waals surface area contributed by atoms with Gasteiger partial charge in [-0.2, -0.15) is 0 Å². The van der Waals surface area contributed by atoms with Crippen molar-refractivity contribution in [1.82, 2.24) is 29.5 Å². The van der Waals surface area contributed by atoms with Crippen molar-refractivity contribution in [3.8, 4) is 5.69 Å². The van der Waals surface area contributed by atoms with Crippen LogP contribution in [-0.4, -0.2) is 74.0 Å². The molecular formula is C26H31FN6O. The molecular weight excluding hydrogens is 431 g/mol. The highest BCUT2D eigenvalue weighted by atomic mass is 19.1. The Bertz CT molecular complexity index is 1180. The molecule has 5 rings (SSSR count). The zero-order chi connectivity index (χ0) is 23.3. The van der Waals surface area contributed by atoms with Crippen molar-refractivity contribution in [2.75, 3.05) is 39.3 Å². The molecule has 0 amide bonds. The molecule has 0 saturated carbocycles. The fourth-order valence-electron chi connectivity index (χ4n) is 5.03. The van der Waals surface area contributed by atoms with Crippen molar-refractivity contribution in [3.63, 3.8) is 0 Å². The Hall–Kier alpha value is -3.07. The van der Waals surface area contributed by atoms with Crippen molar-refractivity contribution in [2.24, 2.45) is 0 Å². The van der Waals surface area contributed by atoms with Crippen LogP contribution in [0.3, 0.4) is 0 Å². The predicted molar refractivity (Wildman–Crippen MR) is 130 cm³/mol. The van der Waals surface area contributed by atoms with E-state index in [4.69, 9.17) is 0 Å². The number of aliphatic hydroxyl groups is 1. The van der Waals surface area contributed by atoms with Gasteiger partial charge in [-0.1, -0.05) is 12.1 Å². The van der Waals surface area contributed by atoms with E-state index in [0.29, 0.717) is 6.42 Å². The summed E-state index contributed by atoms with van der Waals surface area (Å²) in [5, 5.41) is 18.6. The van der Waals surface area contributed by atoms with Crippen molar-refractivity contribution >= 4 is 10.9 Å². The summed E-state index contributed by atoms with van der Waals surface area (Å²) < 4.78 is 15.3. The molecule has 0 radical (unpaired) electrons. The van der Waals surface area contributed by atoms with Crippen molar-refractivity contribution in [1.29, 1.82) is 0 Å². The third kappa shape index (κ3) is 5.04. The number of nitrogens with one attached hydrogen (secondary N) is 1. The summed E-state index contributed by atoms with van der Waals surface area (Å²) in [7, 11) is 0. The van der Waals surface area contributed by atoms with E-state index in [1.165, 1.54) is 23.1 Å². The van der Waals surface area contributed by atoms with Gasteiger partial charge in [-0.15, -0.1) is 10.2 Å². The van der Waals surface area contributed by atoms with E-state index in [0.717, 1.165) is 62.3 Å². The van der Waals surface area contributed by atoms with Gasteiger partial charge in [0.15, 0.2) is 0 Å². The smallest absolute Gasteiger partial charge is 0.123 e. The van der Waals surface area contributed by atoms with E-state index in [9.17, 15) is 9.50 Å². The number of hydrogen-bond acceptors (Lipinski definition) is 5. The Kier molecular flexibility index (Phi) is 6.99. The number of aliphatic hydroxyl groups excluding tert-OH is 1. The zero-order valence-corrected chi connectivity index (χ0v) is 19.3. The second kappa shape index (κ2) is 10.5. The van der Waals surface area contributed by atoms with Gasteiger partial charge in [-0.05, 0) is 67.3 Å². The van der Waals surface area contributed by atoms with Gasteiger partial charge < -0.3 is 15.0 Å². The molecule has 1 aliphatic rings. The summed E-state index contributed by atoms with van der Waals surface area (Å²) in [6.45, 7) is 5.12. The van der Waals surface area contributed by atoms with Crippen molar-refractivity contribution in [2.45, 2.75) is 25.3 Å². The number of aryl methyl sites for hydroxylation is 1. The topological polar surface area (TPSA) is 73.2 Å². The largest absolute Gasteiger partial charge is 0.396 e. The molecule has 1 unspecified atom stereocenters. The quantitative estimate of drug-likeness (QED) is 0.398. The highest BCUT2D eigenvalue weighted by Gasteiger charge is 2.24. The van der Waals surface area contributed by atoms with Gasteiger partial charge in [-0.25, -0.2) is 4.39 Å². The molecule has 1 saturated heterocycles. The third-order valence-electron chi connectivity index (χ3n) is 6.89. The van der Waals surface area contributed by atoms with E-state index in [1.54, 1.807) is 12.7 Å². The van der Waals surface area contributed by atoms with Crippen LogP contribution in [0.15, 0.2) is 61.3 Å². The number of hydrogen-bond donors (Lipinski definition) is 2. The van der Waals surface area contributed by atoms with E-state index in [1.807, 2.05) is 16.7 Å². The number of fused-ring (bicyclic) bond motifs is 1. The lowest BCUT2D eigenvalue weighted by molar-refractivity contribution is 0.0819. The Morgan fingerprint density at radius 3 is 2.50 bits per heavy atom. The number of aromatic nitrogens is 4. The number of halogens is 1. The van der Waals surface area contributed by atoms with Crippen molar-refractivity contribution < 1.29 is 9.50 Å². The van der Waals surface area contributed by atoms with Crippen LogP contribution in [0.25, 0.3) is 16.6 Å². The Balaban J connectivity index is 1.15. The number of piperazine rings is 1. The average Bonchev–Trinajstić information content (AvgIpc) is 3.54. The van der Waals surface area contributed by atoms with Crippen LogP contribution in [-0.2, 0) is 6.42 Å². The minimum Gasteiger partial charge on any atom is -0.396 e. The molecule has 1 atom stereocenters. The van der Waals surface area contributed by atoms with Gasteiger partial charge >= 0.3 is 0 Å². The van der Waals surface area contributed by atoms with E-state index in [2.05, 4.69) is 49.4 Å². The van der Waals surface area contributed by atoms with Crippen LogP contribution in [0, 0.1) is 5.82 Å². The highest BCUT2D eigenvalue weighted by Crippen LogP contribution is 2.26. The molecule has 2 aromatic carbocycles. The second-order valence-corrected chi connectivity index (χ2v) is 8.97. The van der Waals surface area contributed by atoms with Crippen LogP contribution in [0.1, 0.15) is 30.0 Å². The van der Waals surface area contributed by atoms with Gasteiger partial charge in [0.1, 0.15) is 18.5 Å². The summed E-state index contributed by atoms with van der Waals surface area (Å²) in [6.07, 6.45) is 8.35. The van der Waals surface area contributed by atoms with Gasteiger partial charge in [0, 0.05) is 61.6 Å². The molecule has 0 spiro atoms. The van der Waals surface area contributed by atoms with Gasteiger partial charge in [0.05, 0.1) is 0 Å². The summed E-state index contributed by atoms with van der Waals surface area (Å²) in [5.74, 6) is -0.221. The fourth-order valence-corrected chi connectivity index (χ4v) is 5.03. The lowest BCUT2D eigenvalue weighted by atomic mass is 10.0. The number of benzene rings is 2. The summed E-state index contributed by atoms with van der Waals surface area (Å²) in [6, 6.07) is 13.2. The Morgan fingerprint density at radius 1 is 1.00 bits per heavy atom. The SMILES string of the molecule is OCCC(c1ccc(F)cc1)N1CCN(CCCc2c[nH]c3ccc(-n4cnnc4)cc23)CC1. The Morgan fingerprint density at radius 2 is 1.76 bits per heavy atom. The standard InChI is InChI=1S/C26H31FN6O/c27-22-5-3-20(4-6-22)26(9-15-34)32-13-11-31(12-14-32)10-1-2-21-17-28-25-8-7-23(16-24(21)25)33-18-29-30-19-33/h3-8,16-19,26,28,34H,1-2,9-15H2. The first kappa shape index (κ1) is 22.7. The normalized spacial score (nSPS) is 16.3. The lowest BCUT2D eigenvalue weighted by Crippen LogP contribution is -2.48. The molecule has 8 heteroatoms. The molecule has 1 aliphatic heterocycles. The minimum atomic E-state index is -0.221. The molecule has 4 aromatic rings. The molecule has 2 N–H and O–H groups in total. The van der Waals surface area contributed by atoms with Crippen molar-refractivity contribution in [3.05, 3.63) is 78.3 Å². The predicted octanol–water partition coefficient (Wildman–Crippen LogP) is 3.56. The van der Waals surface area contributed by atoms with Gasteiger partial charge in [0.2, 0.25) is 0 Å². The Labute approximate surface area is 198 Å². The van der Waals surface area contributed by atoms with E-state index < -0.39 is 0 Å². The van der Waals surface area contributed by atoms with Gasteiger partial charge in [0.25, 0.3) is 0 Å². The second-order valence-electron chi connectivity index (χ2n) is 8.97. The summed E-state index contributed by atoms with van der Waals surface area (Å²) in [5.41, 5.74) is 4.63. The summed E-state index contributed by atoms with van der Waals surface area (Å²) in [4.78, 5) is 8.34. The fraction of sp³-hybridized carbons (Fsp3) is 0.385. The molecule has 0 bridgehead atoms. The number of aromatic amines is 1. The minimum absolute atomic E-state index is 0.131. The first-order valence-corrected chi connectivity index (χ1v) is 12.0. The molecule has 0 aliphatic carbocycles. The number of H-pyrrole nitrogens is 1. The molecule has 3 heterocycles. The van der Waals surface area contributed by atoms with Gasteiger partial charge in [-0.3, -0.25) is 9.47 Å². The van der Waals surface area contributed by atoms with E-state index >= 15 is 0 Å². The maximum atomic E-state index is 13.3. The van der Waals surface area contributed by atoms with Crippen LogP contribution >= 0.6 is 0 Å². The summed E-state index contributed by atoms with van der Waals surface area (Å²) >= 11 is 0. The van der Waals surface area contributed by atoms with Crippen LogP contribution < -0.4 is 0 Å². The van der Waals surface area contributed by atoms with Crippen LogP contribution in [0.4, 0.5) is 4.39 Å². The van der Waals surface area contributed by atoms with Crippen LogP contribution in [0.2, 0.25) is 0 Å². The molecule has 178 valence electrons. The monoisotopic (exact) mass is 462 g/mol. The maximum absolute atomic E-state index is 13.3. The lowest BCUT2D eigenvalue weighted by Gasteiger charge is -2.39. The van der Waals surface area contributed by atoms with Crippen LogP contribution in [0.5, 0.6) is 0 Å². The molecule has 1 fully saturated rings. The maximum Gasteiger partial charge on any atom is 0.123 e. The van der Waals surface area contributed by atoms with E-state index in [-0.39, 0.29) is 18.5 Å².